The van der Waals surface area contributed by atoms with E-state index in [1.807, 2.05) is 6.92 Å². The summed E-state index contributed by atoms with van der Waals surface area (Å²) in [6.45, 7) is 4.90. The van der Waals surface area contributed by atoms with Crippen molar-refractivity contribution in [1.29, 1.82) is 0 Å². The van der Waals surface area contributed by atoms with E-state index in [1.54, 1.807) is 13.0 Å². The summed E-state index contributed by atoms with van der Waals surface area (Å²) in [5, 5.41) is 5.73. The number of anilines is 1. The molecule has 0 aliphatic heterocycles. The number of carbonyl (C=O) groups excluding carboxylic acids is 1. The highest BCUT2D eigenvalue weighted by Crippen LogP contribution is 2.15. The molecule has 0 unspecified atom stereocenters. The van der Waals surface area contributed by atoms with Gasteiger partial charge in [-0.05, 0) is 43.7 Å². The summed E-state index contributed by atoms with van der Waals surface area (Å²) in [6, 6.07) is 4.31. The van der Waals surface area contributed by atoms with Gasteiger partial charge in [0.15, 0.2) is 0 Å². The van der Waals surface area contributed by atoms with Crippen molar-refractivity contribution in [2.75, 3.05) is 18.4 Å². The molecule has 0 fully saturated rings. The monoisotopic (exact) mass is 224 g/mol. The van der Waals surface area contributed by atoms with E-state index >= 15 is 0 Å². The fourth-order valence-electron chi connectivity index (χ4n) is 1.34. The topological polar surface area (TPSA) is 41.1 Å². The van der Waals surface area contributed by atoms with E-state index in [9.17, 15) is 9.18 Å². The van der Waals surface area contributed by atoms with Gasteiger partial charge < -0.3 is 10.6 Å². The molecule has 0 radical (unpaired) electrons. The largest absolute Gasteiger partial charge is 0.325 e. The normalized spacial score (nSPS) is 10.2. The van der Waals surface area contributed by atoms with E-state index in [2.05, 4.69) is 10.6 Å². The third kappa shape index (κ3) is 3.98. The highest BCUT2D eigenvalue weighted by molar-refractivity contribution is 5.92. The fraction of sp³-hybridized carbons (Fsp3) is 0.417. The maximum atomic E-state index is 12.8. The minimum atomic E-state index is -0.292. The van der Waals surface area contributed by atoms with Crippen LogP contribution in [0, 0.1) is 12.7 Å². The molecule has 0 bridgehead atoms. The van der Waals surface area contributed by atoms with Crippen LogP contribution in [0.1, 0.15) is 18.9 Å². The molecule has 1 aromatic rings. The number of aryl methyl sites for hydroxylation is 1. The van der Waals surface area contributed by atoms with E-state index < -0.39 is 0 Å². The van der Waals surface area contributed by atoms with Crippen molar-refractivity contribution in [2.45, 2.75) is 20.3 Å². The van der Waals surface area contributed by atoms with Gasteiger partial charge in [0.25, 0.3) is 0 Å². The highest BCUT2D eigenvalue weighted by Gasteiger charge is 2.04. The van der Waals surface area contributed by atoms with Gasteiger partial charge in [0.1, 0.15) is 5.82 Å². The average Bonchev–Trinajstić information content (AvgIpc) is 2.23. The molecule has 0 heterocycles. The summed E-state index contributed by atoms with van der Waals surface area (Å²) in [5.74, 6) is -0.400. The van der Waals surface area contributed by atoms with Gasteiger partial charge in [0.05, 0.1) is 6.54 Å². The Hall–Kier alpha value is -1.42. The van der Waals surface area contributed by atoms with Gasteiger partial charge in [-0.1, -0.05) is 6.92 Å². The lowest BCUT2D eigenvalue weighted by molar-refractivity contribution is -0.115. The van der Waals surface area contributed by atoms with E-state index in [1.165, 1.54) is 12.1 Å². The lowest BCUT2D eigenvalue weighted by Gasteiger charge is -2.08. The van der Waals surface area contributed by atoms with E-state index in [4.69, 9.17) is 0 Å². The molecule has 88 valence electrons. The Morgan fingerprint density at radius 2 is 2.19 bits per heavy atom. The Balaban J connectivity index is 2.49. The standard InChI is InChI=1S/C12H17FN2O/c1-3-6-14-8-12(16)15-11-5-4-10(13)7-9(11)2/h4-5,7,14H,3,6,8H2,1-2H3,(H,15,16). The van der Waals surface area contributed by atoms with E-state index in [-0.39, 0.29) is 18.3 Å². The Bertz CT molecular complexity index is 366. The van der Waals surface area contributed by atoms with Crippen molar-refractivity contribution in [3.05, 3.63) is 29.6 Å². The number of rotatable bonds is 5. The second kappa shape index (κ2) is 6.23. The van der Waals surface area contributed by atoms with Crippen molar-refractivity contribution in [1.82, 2.24) is 5.32 Å². The number of hydrogen-bond acceptors (Lipinski definition) is 2. The molecule has 0 saturated carbocycles. The first-order chi connectivity index (χ1) is 7.63. The van der Waals surface area contributed by atoms with Crippen LogP contribution < -0.4 is 10.6 Å². The van der Waals surface area contributed by atoms with Crippen LogP contribution in [0.25, 0.3) is 0 Å². The zero-order valence-corrected chi connectivity index (χ0v) is 9.64. The van der Waals surface area contributed by atoms with E-state index in [0.717, 1.165) is 18.5 Å². The first kappa shape index (κ1) is 12.6. The quantitative estimate of drug-likeness (QED) is 0.752. The Kier molecular flexibility index (Phi) is 4.92. The molecule has 2 N–H and O–H groups in total. The van der Waals surface area contributed by atoms with Gasteiger partial charge in [-0.3, -0.25) is 4.79 Å². The number of hydrogen-bond donors (Lipinski definition) is 2. The minimum Gasteiger partial charge on any atom is -0.325 e. The summed E-state index contributed by atoms with van der Waals surface area (Å²) < 4.78 is 12.8. The molecular weight excluding hydrogens is 207 g/mol. The summed E-state index contributed by atoms with van der Waals surface area (Å²) in [4.78, 5) is 11.5. The number of nitrogens with one attached hydrogen (secondary N) is 2. The zero-order chi connectivity index (χ0) is 12.0. The Morgan fingerprint density at radius 1 is 1.44 bits per heavy atom. The third-order valence-corrected chi connectivity index (χ3v) is 2.17. The van der Waals surface area contributed by atoms with Crippen molar-refractivity contribution in [3.63, 3.8) is 0 Å². The smallest absolute Gasteiger partial charge is 0.238 e. The van der Waals surface area contributed by atoms with Crippen LogP contribution in [0.15, 0.2) is 18.2 Å². The average molecular weight is 224 g/mol. The van der Waals surface area contributed by atoms with Gasteiger partial charge in [0.2, 0.25) is 5.91 Å². The molecule has 0 aliphatic carbocycles. The first-order valence-corrected chi connectivity index (χ1v) is 5.40. The van der Waals surface area contributed by atoms with Crippen LogP contribution in [-0.2, 0) is 4.79 Å². The van der Waals surface area contributed by atoms with Crippen molar-refractivity contribution in [3.8, 4) is 0 Å². The predicted octanol–water partition coefficient (Wildman–Crippen LogP) is 2.07. The lowest BCUT2D eigenvalue weighted by Crippen LogP contribution is -2.28. The lowest BCUT2D eigenvalue weighted by atomic mass is 10.2. The first-order valence-electron chi connectivity index (χ1n) is 5.40. The molecule has 0 aliphatic rings. The van der Waals surface area contributed by atoms with Crippen LogP contribution in [-0.4, -0.2) is 19.0 Å². The number of amides is 1. The Labute approximate surface area is 95.0 Å². The minimum absolute atomic E-state index is 0.108. The van der Waals surface area contributed by atoms with Gasteiger partial charge in [-0.25, -0.2) is 4.39 Å². The molecule has 0 aromatic heterocycles. The van der Waals surface area contributed by atoms with Crippen molar-refractivity contribution >= 4 is 11.6 Å². The molecule has 1 rings (SSSR count). The molecule has 1 aromatic carbocycles. The maximum absolute atomic E-state index is 12.8. The van der Waals surface area contributed by atoms with Crippen LogP contribution in [0.5, 0.6) is 0 Å². The zero-order valence-electron chi connectivity index (χ0n) is 9.64. The molecule has 0 atom stereocenters. The number of halogens is 1. The molecule has 4 heteroatoms. The summed E-state index contributed by atoms with van der Waals surface area (Å²) in [6.07, 6.45) is 0.989. The van der Waals surface area contributed by atoms with E-state index in [0.29, 0.717) is 5.69 Å². The second-order valence-electron chi connectivity index (χ2n) is 3.68. The predicted molar refractivity (Wildman–Crippen MR) is 62.9 cm³/mol. The van der Waals surface area contributed by atoms with Crippen molar-refractivity contribution in [2.24, 2.45) is 0 Å². The molecule has 0 spiro atoms. The molecule has 1 amide bonds. The van der Waals surface area contributed by atoms with Crippen LogP contribution in [0.4, 0.5) is 10.1 Å². The number of carbonyl (C=O) groups is 1. The van der Waals surface area contributed by atoms with Crippen molar-refractivity contribution < 1.29 is 9.18 Å². The molecule has 0 saturated heterocycles. The SMILES string of the molecule is CCCNCC(=O)Nc1ccc(F)cc1C. The van der Waals surface area contributed by atoms with Gasteiger partial charge in [0, 0.05) is 5.69 Å². The van der Waals surface area contributed by atoms with Gasteiger partial charge in [-0.2, -0.15) is 0 Å². The van der Waals surface area contributed by atoms with Gasteiger partial charge >= 0.3 is 0 Å². The molecule has 3 nitrogen and oxygen atoms in total. The molecular formula is C12H17FN2O. The summed E-state index contributed by atoms with van der Waals surface area (Å²) in [7, 11) is 0. The Morgan fingerprint density at radius 3 is 2.81 bits per heavy atom. The third-order valence-electron chi connectivity index (χ3n) is 2.17. The maximum Gasteiger partial charge on any atom is 0.238 e. The van der Waals surface area contributed by atoms with Crippen LogP contribution in [0.2, 0.25) is 0 Å². The number of benzene rings is 1. The fourth-order valence-corrected chi connectivity index (χ4v) is 1.34. The van der Waals surface area contributed by atoms with Crippen LogP contribution >= 0.6 is 0 Å². The summed E-state index contributed by atoms with van der Waals surface area (Å²) in [5.41, 5.74) is 1.38. The molecule has 16 heavy (non-hydrogen) atoms. The highest BCUT2D eigenvalue weighted by atomic mass is 19.1. The second-order valence-corrected chi connectivity index (χ2v) is 3.68. The van der Waals surface area contributed by atoms with Gasteiger partial charge in [-0.15, -0.1) is 0 Å². The summed E-state index contributed by atoms with van der Waals surface area (Å²) >= 11 is 0. The van der Waals surface area contributed by atoms with Crippen LogP contribution in [0.3, 0.4) is 0 Å².